The van der Waals surface area contributed by atoms with Crippen LogP contribution in [0.15, 0.2) is 30.6 Å². The van der Waals surface area contributed by atoms with Gasteiger partial charge in [0.1, 0.15) is 17.3 Å². The number of rotatable bonds is 5. The fourth-order valence-corrected chi connectivity index (χ4v) is 2.64. The van der Waals surface area contributed by atoms with Gasteiger partial charge >= 0.3 is 0 Å². The number of carbonyl (C=O) groups excluding carboxylic acids is 1. The smallest absolute Gasteiger partial charge is 0.253 e. The van der Waals surface area contributed by atoms with Gasteiger partial charge in [-0.3, -0.25) is 4.79 Å². The highest BCUT2D eigenvalue weighted by Crippen LogP contribution is 2.32. The summed E-state index contributed by atoms with van der Waals surface area (Å²) < 4.78 is 101. The van der Waals surface area contributed by atoms with Crippen molar-refractivity contribution < 1.29 is 25.9 Å². The maximum Gasteiger partial charge on any atom is 0.253 e. The van der Waals surface area contributed by atoms with Gasteiger partial charge in [-0.25, -0.2) is 18.7 Å². The third kappa shape index (κ3) is 5.01. The van der Waals surface area contributed by atoms with Crippen molar-refractivity contribution in [3.8, 4) is 0 Å². The summed E-state index contributed by atoms with van der Waals surface area (Å²) in [5.74, 6) is -2.37. The molecule has 1 amide bonds. The van der Waals surface area contributed by atoms with Gasteiger partial charge < -0.3 is 4.90 Å². The molecule has 1 aliphatic heterocycles. The minimum Gasteiger partial charge on any atom is -0.338 e. The summed E-state index contributed by atoms with van der Waals surface area (Å²) in [6.45, 7) is -8.13. The van der Waals surface area contributed by atoms with E-state index in [1.165, 1.54) is 0 Å². The van der Waals surface area contributed by atoms with Gasteiger partial charge in [-0.1, -0.05) is 11.6 Å². The molecule has 27 heavy (non-hydrogen) atoms. The first-order valence-corrected chi connectivity index (χ1v) is 8.47. The third-order valence-electron chi connectivity index (χ3n) is 3.99. The van der Waals surface area contributed by atoms with Gasteiger partial charge in [0.2, 0.25) is 0 Å². The van der Waals surface area contributed by atoms with Gasteiger partial charge in [-0.2, -0.15) is 0 Å². The lowest BCUT2D eigenvalue weighted by atomic mass is 9.88. The predicted octanol–water partition coefficient (Wildman–Crippen LogP) is 4.54. The largest absolute Gasteiger partial charge is 0.338 e. The molecule has 1 fully saturated rings. The minimum atomic E-state index is -2.82. The fraction of sp³-hybridized carbons (Fsp3) is 0.450. The van der Waals surface area contributed by atoms with Crippen LogP contribution in [-0.4, -0.2) is 39.4 Å². The number of hydrogen-bond acceptors (Lipinski definition) is 3. The molecule has 3 rings (SSSR count). The summed E-state index contributed by atoms with van der Waals surface area (Å²) in [5.41, 5.74) is -3.03. The molecule has 4 nitrogen and oxygen atoms in total. The number of carbonyl (C=O) groups is 1. The molecule has 1 aliphatic rings. The Kier molecular flexibility index (Phi) is 3.40. The molecule has 0 bridgehead atoms. The van der Waals surface area contributed by atoms with E-state index in [-0.39, 0.29) is 16.0 Å². The van der Waals surface area contributed by atoms with E-state index in [1.54, 1.807) is 0 Å². The first-order valence-electron chi connectivity index (χ1n) is 12.6. The van der Waals surface area contributed by atoms with Crippen molar-refractivity contribution in [1.29, 1.82) is 0 Å². The number of alkyl halides is 1. The van der Waals surface area contributed by atoms with E-state index >= 15 is 4.39 Å². The van der Waals surface area contributed by atoms with Crippen molar-refractivity contribution in [2.45, 2.75) is 44.6 Å². The van der Waals surface area contributed by atoms with E-state index in [0.29, 0.717) is 0 Å². The molecule has 0 saturated carbocycles. The molecular weight excluding hydrogens is 372 g/mol. The second-order valence-corrected chi connectivity index (χ2v) is 6.47. The summed E-state index contributed by atoms with van der Waals surface area (Å²) in [6, 6.07) is 2.81. The molecule has 2 heterocycles. The number of hydrogen-bond donors (Lipinski definition) is 0. The topological polar surface area (TPSA) is 46.1 Å². The zero-order chi connectivity index (χ0) is 27.3. The maximum absolute atomic E-state index is 15.8. The Balaban J connectivity index is 1.80. The highest BCUT2D eigenvalue weighted by molar-refractivity contribution is 6.31. The highest BCUT2D eigenvalue weighted by Gasteiger charge is 2.35. The van der Waals surface area contributed by atoms with Gasteiger partial charge in [0.25, 0.3) is 5.91 Å². The molecule has 0 N–H and O–H groups in total. The Morgan fingerprint density at radius 2 is 2.11 bits per heavy atom. The van der Waals surface area contributed by atoms with Crippen molar-refractivity contribution >= 4 is 17.5 Å². The van der Waals surface area contributed by atoms with Crippen molar-refractivity contribution in [2.24, 2.45) is 0 Å². The monoisotopic (exact) mass is 402 g/mol. The third-order valence-corrected chi connectivity index (χ3v) is 4.28. The molecule has 7 heteroatoms. The van der Waals surface area contributed by atoms with E-state index in [9.17, 15) is 9.18 Å². The summed E-state index contributed by atoms with van der Waals surface area (Å²) in [7, 11) is 0. The van der Waals surface area contributed by atoms with Crippen LogP contribution in [0.1, 0.15) is 59.8 Å². The Labute approximate surface area is 175 Å². The van der Waals surface area contributed by atoms with Gasteiger partial charge in [0.05, 0.1) is 5.02 Å². The summed E-state index contributed by atoms with van der Waals surface area (Å²) in [4.78, 5) is 20.7. The quantitative estimate of drug-likeness (QED) is 0.737. The number of amides is 1. The number of benzene rings is 1. The van der Waals surface area contributed by atoms with Gasteiger partial charge in [-0.05, 0) is 56.3 Å². The second kappa shape index (κ2) is 8.30. The number of aromatic nitrogens is 2. The number of halogens is 3. The van der Waals surface area contributed by atoms with Crippen molar-refractivity contribution in [3.05, 3.63) is 58.4 Å². The molecule has 0 aliphatic carbocycles. The molecule has 1 saturated heterocycles. The van der Waals surface area contributed by atoms with Crippen LogP contribution in [-0.2, 0) is 6.37 Å². The zero-order valence-electron chi connectivity index (χ0n) is 23.1. The lowest BCUT2D eigenvalue weighted by Crippen LogP contribution is -2.44. The van der Waals surface area contributed by atoms with E-state index in [1.807, 2.05) is 0 Å². The second-order valence-electron chi connectivity index (χ2n) is 6.06. The average Bonchev–Trinajstić information content (AvgIpc) is 2.72. The van der Waals surface area contributed by atoms with E-state index in [4.69, 9.17) is 23.9 Å². The van der Waals surface area contributed by atoms with Gasteiger partial charge in [0.15, 0.2) is 0 Å². The predicted molar refractivity (Wildman–Crippen MR) is 100 cm³/mol. The van der Waals surface area contributed by atoms with Crippen LogP contribution >= 0.6 is 11.6 Å². The van der Waals surface area contributed by atoms with Crippen LogP contribution in [0.25, 0.3) is 0 Å². The Morgan fingerprint density at radius 1 is 1.41 bits per heavy atom. The molecule has 1 aromatic carbocycles. The lowest BCUT2D eigenvalue weighted by molar-refractivity contribution is 0.0389. The Bertz CT molecular complexity index is 1130. The maximum atomic E-state index is 15.8. The number of aryl methyl sites for hydroxylation is 2. The minimum absolute atomic E-state index is 0.204. The molecule has 144 valence electrons. The first-order chi connectivity index (χ1) is 16.3. The van der Waals surface area contributed by atoms with E-state index in [0.717, 1.165) is 30.6 Å². The number of piperidine rings is 1. The summed E-state index contributed by atoms with van der Waals surface area (Å²) in [6.07, 6.45) is -3.53. The summed E-state index contributed by atoms with van der Waals surface area (Å²) >= 11 is 5.68. The van der Waals surface area contributed by atoms with Crippen LogP contribution in [0.2, 0.25) is 5.02 Å². The fourth-order valence-electron chi connectivity index (χ4n) is 2.46. The van der Waals surface area contributed by atoms with Crippen molar-refractivity contribution in [2.75, 3.05) is 13.0 Å². The molecule has 0 spiro atoms. The lowest BCUT2D eigenvalue weighted by Gasteiger charge is -2.36. The molecule has 1 aromatic heterocycles. The molecule has 0 atom stereocenters. The number of likely N-dealkylation sites (tertiary alicyclic amines) is 1. The standard InChI is InChI=1S/C20H22ClF2N3O/c1-14-12-24-18(25-13-14)3-2-6-20(23)7-9-26(10-8-20)19(27)15-4-5-17(22)16(21)11-15/h4-5,11-13H,2-3,6-10H2,1H3/i1D3,3D2,9D2,10D2. The van der Waals surface area contributed by atoms with E-state index in [2.05, 4.69) is 9.97 Å². The molecular formula is C20H22ClF2N3O. The van der Waals surface area contributed by atoms with Crippen LogP contribution in [0.4, 0.5) is 8.78 Å². The Morgan fingerprint density at radius 3 is 2.74 bits per heavy atom. The molecule has 2 aromatic rings. The van der Waals surface area contributed by atoms with Crippen LogP contribution in [0.5, 0.6) is 0 Å². The normalized spacial score (nSPS) is 26.0. The summed E-state index contributed by atoms with van der Waals surface area (Å²) in [5, 5.41) is -0.421. The van der Waals surface area contributed by atoms with Crippen LogP contribution < -0.4 is 0 Å². The average molecular weight is 403 g/mol. The van der Waals surface area contributed by atoms with Crippen LogP contribution in [0.3, 0.4) is 0 Å². The molecule has 0 radical (unpaired) electrons. The Hall–Kier alpha value is -2.08. The van der Waals surface area contributed by atoms with Crippen molar-refractivity contribution in [3.63, 3.8) is 0 Å². The SMILES string of the molecule is [2H]C([2H])([2H])c1cnc(C([2H])([2H])CCC2(F)CC([2H])([2H])N(C(=O)c3ccc(F)c(Cl)c3)C([2H])([2H])C2)nc1. The zero-order valence-corrected chi connectivity index (χ0v) is 14.9. The highest BCUT2D eigenvalue weighted by atomic mass is 35.5. The number of nitrogens with zero attached hydrogens (tertiary/aromatic N) is 3. The first kappa shape index (κ1) is 11.1. The van der Waals surface area contributed by atoms with E-state index < -0.39 is 80.1 Å². The van der Waals surface area contributed by atoms with Gasteiger partial charge in [0, 0.05) is 49.7 Å². The van der Waals surface area contributed by atoms with Gasteiger partial charge in [-0.15, -0.1) is 0 Å². The molecule has 0 unspecified atom stereocenters. The van der Waals surface area contributed by atoms with Crippen LogP contribution in [0, 0.1) is 12.7 Å². The van der Waals surface area contributed by atoms with Crippen molar-refractivity contribution in [1.82, 2.24) is 14.9 Å².